The molecular weight excluding hydrogens is 490 g/mol. The average Bonchev–Trinajstić information content (AvgIpc) is 2.91. The molecule has 37 heavy (non-hydrogen) atoms. The fourth-order valence-corrected chi connectivity index (χ4v) is 4.42. The highest BCUT2D eigenvalue weighted by molar-refractivity contribution is 6.33. The van der Waals surface area contributed by atoms with Crippen molar-refractivity contribution in [3.63, 3.8) is 0 Å². The van der Waals surface area contributed by atoms with Crippen molar-refractivity contribution in [3.05, 3.63) is 88.9 Å². The molecule has 1 heterocycles. The van der Waals surface area contributed by atoms with Crippen molar-refractivity contribution in [2.75, 3.05) is 36.4 Å². The number of nitrogens with zero attached hydrogens (tertiary/aromatic N) is 3. The van der Waals surface area contributed by atoms with Gasteiger partial charge >= 0.3 is 5.97 Å². The normalized spacial score (nSPS) is 13.9. The van der Waals surface area contributed by atoms with E-state index in [4.69, 9.17) is 22.4 Å². The van der Waals surface area contributed by atoms with Crippen molar-refractivity contribution in [3.8, 4) is 0 Å². The summed E-state index contributed by atoms with van der Waals surface area (Å²) < 4.78 is 0. The quantitative estimate of drug-likeness (QED) is 0.292. The van der Waals surface area contributed by atoms with Gasteiger partial charge in [-0.3, -0.25) is 4.79 Å². The monoisotopic (exact) mass is 519 g/mol. The van der Waals surface area contributed by atoms with E-state index in [1.54, 1.807) is 6.07 Å². The lowest BCUT2D eigenvalue weighted by Gasteiger charge is -2.36. The standard InChI is InChI=1S/C28H30ClN5O3/c29-24-19-21(27(36)37)9-14-25(24)32-28(30)34-17-15-33(16-18-34)23-12-10-22(11-13-23)31-26(35)8-4-7-20-5-2-1-3-6-20/h1-3,5-6,9-14,19H,4,7-8,15-18H2,(H2,30,32)(H,31,35)(H,36,37). The molecule has 192 valence electrons. The molecule has 0 bridgehead atoms. The summed E-state index contributed by atoms with van der Waals surface area (Å²) >= 11 is 6.18. The number of halogens is 1. The number of hydrogen-bond acceptors (Lipinski definition) is 4. The summed E-state index contributed by atoms with van der Waals surface area (Å²) in [6, 6.07) is 22.4. The minimum Gasteiger partial charge on any atom is -0.478 e. The number of carboxylic acid groups (broad SMARTS) is 1. The average molecular weight is 520 g/mol. The number of rotatable bonds is 8. The molecule has 3 aromatic carbocycles. The lowest BCUT2D eigenvalue weighted by atomic mass is 10.1. The number of nitrogens with one attached hydrogen (secondary N) is 1. The Morgan fingerprint density at radius 3 is 2.32 bits per heavy atom. The summed E-state index contributed by atoms with van der Waals surface area (Å²) in [6.07, 6.45) is 2.18. The van der Waals surface area contributed by atoms with Crippen LogP contribution in [-0.2, 0) is 11.2 Å². The summed E-state index contributed by atoms with van der Waals surface area (Å²) in [5.74, 6) is -0.685. The molecule has 0 unspecified atom stereocenters. The van der Waals surface area contributed by atoms with Crippen LogP contribution in [0.3, 0.4) is 0 Å². The molecule has 1 saturated heterocycles. The number of guanidine groups is 1. The number of anilines is 2. The van der Waals surface area contributed by atoms with E-state index in [1.807, 2.05) is 47.4 Å². The Morgan fingerprint density at radius 1 is 0.973 bits per heavy atom. The first-order valence-corrected chi connectivity index (χ1v) is 12.6. The predicted molar refractivity (Wildman–Crippen MR) is 148 cm³/mol. The minimum absolute atomic E-state index is 0.0183. The number of carboxylic acids is 1. The molecule has 9 heteroatoms. The number of aromatic carboxylic acids is 1. The van der Waals surface area contributed by atoms with Crippen molar-refractivity contribution in [2.45, 2.75) is 19.3 Å². The maximum Gasteiger partial charge on any atom is 0.335 e. The highest BCUT2D eigenvalue weighted by Gasteiger charge is 2.19. The minimum atomic E-state index is -1.05. The topological polar surface area (TPSA) is 111 Å². The predicted octanol–water partition coefficient (Wildman–Crippen LogP) is 4.77. The van der Waals surface area contributed by atoms with E-state index in [0.717, 1.165) is 37.3 Å². The van der Waals surface area contributed by atoms with Gasteiger partial charge in [0.2, 0.25) is 5.91 Å². The Bertz CT molecular complexity index is 1260. The second-order valence-electron chi connectivity index (χ2n) is 8.85. The molecule has 0 aromatic heterocycles. The largest absolute Gasteiger partial charge is 0.478 e. The van der Waals surface area contributed by atoms with Gasteiger partial charge in [-0.2, -0.15) is 0 Å². The van der Waals surface area contributed by atoms with E-state index >= 15 is 0 Å². The fourth-order valence-electron chi connectivity index (χ4n) is 4.20. The first kappa shape index (κ1) is 26.0. The molecule has 8 nitrogen and oxygen atoms in total. The van der Waals surface area contributed by atoms with Crippen LogP contribution in [0, 0.1) is 0 Å². The molecule has 1 fully saturated rings. The van der Waals surface area contributed by atoms with Gasteiger partial charge in [-0.1, -0.05) is 41.9 Å². The van der Waals surface area contributed by atoms with Crippen LogP contribution in [0.25, 0.3) is 0 Å². The lowest BCUT2D eigenvalue weighted by Crippen LogP contribution is -2.51. The van der Waals surface area contributed by atoms with E-state index in [2.05, 4.69) is 27.3 Å². The van der Waals surface area contributed by atoms with E-state index in [9.17, 15) is 9.59 Å². The van der Waals surface area contributed by atoms with Crippen LogP contribution in [0.5, 0.6) is 0 Å². The fraction of sp³-hybridized carbons (Fsp3) is 0.250. The molecule has 4 N–H and O–H groups in total. The third-order valence-corrected chi connectivity index (χ3v) is 6.56. The van der Waals surface area contributed by atoms with Crippen molar-refractivity contribution in [1.82, 2.24) is 4.90 Å². The maximum absolute atomic E-state index is 12.3. The Labute approximate surface area is 221 Å². The molecule has 0 atom stereocenters. The van der Waals surface area contributed by atoms with Gasteiger partial charge < -0.3 is 26.0 Å². The first-order chi connectivity index (χ1) is 17.9. The number of aliphatic imine (C=N–C) groups is 1. The number of carbonyl (C=O) groups excluding carboxylic acids is 1. The van der Waals surface area contributed by atoms with E-state index in [1.165, 1.54) is 17.7 Å². The highest BCUT2D eigenvalue weighted by Crippen LogP contribution is 2.26. The molecule has 4 rings (SSSR count). The van der Waals surface area contributed by atoms with E-state index < -0.39 is 5.97 Å². The van der Waals surface area contributed by atoms with Crippen LogP contribution in [0.15, 0.2) is 77.8 Å². The van der Waals surface area contributed by atoms with Gasteiger partial charge in [0.05, 0.1) is 16.3 Å². The highest BCUT2D eigenvalue weighted by atomic mass is 35.5. The van der Waals surface area contributed by atoms with E-state index in [-0.39, 0.29) is 16.5 Å². The van der Waals surface area contributed by atoms with Crippen molar-refractivity contribution >= 4 is 46.5 Å². The SMILES string of the molecule is NC(=Nc1ccc(C(=O)O)cc1Cl)N1CCN(c2ccc(NC(=O)CCCc3ccccc3)cc2)CC1. The third kappa shape index (κ3) is 7.24. The smallest absolute Gasteiger partial charge is 0.335 e. The van der Waals surface area contributed by atoms with Crippen molar-refractivity contribution < 1.29 is 14.7 Å². The molecule has 0 saturated carbocycles. The zero-order valence-corrected chi connectivity index (χ0v) is 21.2. The number of benzene rings is 3. The number of hydrogen-bond donors (Lipinski definition) is 3. The molecule has 0 aliphatic carbocycles. The van der Waals surface area contributed by atoms with Crippen molar-refractivity contribution in [2.24, 2.45) is 10.7 Å². The van der Waals surface area contributed by atoms with Crippen LogP contribution in [0.2, 0.25) is 5.02 Å². The molecule has 0 spiro atoms. The zero-order valence-electron chi connectivity index (χ0n) is 20.4. The van der Waals surface area contributed by atoms with Gasteiger partial charge in [0.25, 0.3) is 0 Å². The zero-order chi connectivity index (χ0) is 26.2. The van der Waals surface area contributed by atoms with Crippen molar-refractivity contribution in [1.29, 1.82) is 0 Å². The van der Waals surface area contributed by atoms with Gasteiger partial charge in [-0.25, -0.2) is 9.79 Å². The Morgan fingerprint density at radius 2 is 1.68 bits per heavy atom. The Hall–Kier alpha value is -4.04. The molecule has 1 aliphatic rings. The molecule has 1 amide bonds. The van der Waals surface area contributed by atoms with Gasteiger partial charge in [-0.15, -0.1) is 0 Å². The summed E-state index contributed by atoms with van der Waals surface area (Å²) in [4.78, 5) is 32.0. The van der Waals surface area contributed by atoms with Gasteiger partial charge in [0.1, 0.15) is 0 Å². The van der Waals surface area contributed by atoms with Crippen LogP contribution < -0.4 is 16.0 Å². The number of piperazine rings is 1. The first-order valence-electron chi connectivity index (χ1n) is 12.2. The van der Waals surface area contributed by atoms with Gasteiger partial charge in [0, 0.05) is 44.0 Å². The second-order valence-corrected chi connectivity index (χ2v) is 9.26. The van der Waals surface area contributed by atoms with Gasteiger partial charge in [-0.05, 0) is 60.9 Å². The third-order valence-electron chi connectivity index (χ3n) is 6.26. The summed E-state index contributed by atoms with van der Waals surface area (Å²) in [5, 5.41) is 12.3. The number of aryl methyl sites for hydroxylation is 1. The van der Waals surface area contributed by atoms with Crippen LogP contribution in [-0.4, -0.2) is 54.0 Å². The molecule has 0 radical (unpaired) electrons. The van der Waals surface area contributed by atoms with E-state index in [0.29, 0.717) is 31.2 Å². The molecule has 1 aliphatic heterocycles. The number of amides is 1. The second kappa shape index (κ2) is 12.3. The Kier molecular flexibility index (Phi) is 8.64. The number of carbonyl (C=O) groups is 2. The van der Waals surface area contributed by atoms with Crippen LogP contribution in [0.4, 0.5) is 17.1 Å². The van der Waals surface area contributed by atoms with Crippen LogP contribution >= 0.6 is 11.6 Å². The molecule has 3 aromatic rings. The van der Waals surface area contributed by atoms with Crippen LogP contribution in [0.1, 0.15) is 28.8 Å². The van der Waals surface area contributed by atoms with Gasteiger partial charge in [0.15, 0.2) is 5.96 Å². The summed E-state index contributed by atoms with van der Waals surface area (Å²) in [5.41, 5.74) is 9.85. The number of nitrogens with two attached hydrogens (primary N) is 1. The maximum atomic E-state index is 12.3. The Balaban J connectivity index is 1.25. The molecular formula is C28H30ClN5O3. The summed E-state index contributed by atoms with van der Waals surface area (Å²) in [7, 11) is 0. The lowest BCUT2D eigenvalue weighted by molar-refractivity contribution is -0.116. The summed E-state index contributed by atoms with van der Waals surface area (Å²) in [6.45, 7) is 2.88.